The molecule has 0 spiro atoms. The number of allylic oxidation sites excluding steroid dienone is 1. The van der Waals surface area contributed by atoms with Gasteiger partial charge in [-0.25, -0.2) is 0 Å². The molecule has 0 unspecified atom stereocenters. The van der Waals surface area contributed by atoms with Crippen LogP contribution in [-0.4, -0.2) is 4.57 Å². The summed E-state index contributed by atoms with van der Waals surface area (Å²) in [4.78, 5) is 0. The number of aryl methyl sites for hydroxylation is 2. The van der Waals surface area contributed by atoms with Crippen LogP contribution in [0.5, 0.6) is 0 Å². The third-order valence-corrected chi connectivity index (χ3v) is 7.09. The highest BCUT2D eigenvalue weighted by atomic mass is 15.0. The summed E-state index contributed by atoms with van der Waals surface area (Å²) < 4.78 is 2.52. The van der Waals surface area contributed by atoms with Gasteiger partial charge in [0.05, 0.1) is 11.0 Å². The molecule has 32 heavy (non-hydrogen) atoms. The van der Waals surface area contributed by atoms with E-state index in [2.05, 4.69) is 109 Å². The van der Waals surface area contributed by atoms with Crippen LogP contribution in [0.2, 0.25) is 0 Å². The molecule has 1 aliphatic rings. The van der Waals surface area contributed by atoms with Crippen molar-refractivity contribution in [3.8, 4) is 5.69 Å². The van der Waals surface area contributed by atoms with E-state index in [0.29, 0.717) is 0 Å². The molecule has 6 aromatic rings. The molecule has 152 valence electrons. The minimum absolute atomic E-state index is 1.10. The number of hydrogen-bond acceptors (Lipinski definition) is 0. The van der Waals surface area contributed by atoms with Crippen molar-refractivity contribution in [2.45, 2.75) is 19.8 Å². The van der Waals surface area contributed by atoms with Crippen molar-refractivity contribution < 1.29 is 0 Å². The van der Waals surface area contributed by atoms with Gasteiger partial charge in [-0.2, -0.15) is 0 Å². The summed E-state index contributed by atoms with van der Waals surface area (Å²) in [5, 5.41) is 8.05. The van der Waals surface area contributed by atoms with Crippen molar-refractivity contribution in [1.82, 2.24) is 4.57 Å². The Morgan fingerprint density at radius 3 is 2.25 bits per heavy atom. The molecule has 0 atom stereocenters. The zero-order valence-corrected chi connectivity index (χ0v) is 18.1. The number of nitrogens with zero attached hydrogens (tertiary/aromatic N) is 1. The minimum atomic E-state index is 1.10. The van der Waals surface area contributed by atoms with Gasteiger partial charge in [-0.1, -0.05) is 90.5 Å². The van der Waals surface area contributed by atoms with Gasteiger partial charge in [0.15, 0.2) is 0 Å². The van der Waals surface area contributed by atoms with Crippen molar-refractivity contribution in [3.63, 3.8) is 0 Å². The molecule has 0 N–H and O–H groups in total. The van der Waals surface area contributed by atoms with E-state index in [1.165, 1.54) is 65.7 Å². The van der Waals surface area contributed by atoms with Crippen LogP contribution in [0.3, 0.4) is 0 Å². The van der Waals surface area contributed by atoms with Gasteiger partial charge in [0.2, 0.25) is 0 Å². The number of aromatic nitrogens is 1. The first kappa shape index (κ1) is 17.8. The monoisotopic (exact) mass is 409 g/mol. The fourth-order valence-electron chi connectivity index (χ4n) is 5.66. The van der Waals surface area contributed by atoms with Crippen molar-refractivity contribution in [3.05, 3.63) is 108 Å². The van der Waals surface area contributed by atoms with Gasteiger partial charge in [0, 0.05) is 27.4 Å². The maximum Gasteiger partial charge on any atom is 0.0622 e. The van der Waals surface area contributed by atoms with Crippen molar-refractivity contribution in [2.24, 2.45) is 0 Å². The highest BCUT2D eigenvalue weighted by Crippen LogP contribution is 2.44. The number of fused-ring (bicyclic) bond motifs is 10. The maximum absolute atomic E-state index is 2.52. The van der Waals surface area contributed by atoms with Crippen LogP contribution in [-0.2, 0) is 6.42 Å². The first-order valence-electron chi connectivity index (χ1n) is 11.4. The molecule has 0 aliphatic heterocycles. The summed E-state index contributed by atoms with van der Waals surface area (Å²) in [6.45, 7) is 2.16. The van der Waals surface area contributed by atoms with E-state index in [0.717, 1.165) is 12.8 Å². The molecule has 0 bridgehead atoms. The van der Waals surface area contributed by atoms with Gasteiger partial charge >= 0.3 is 0 Å². The quantitative estimate of drug-likeness (QED) is 0.257. The van der Waals surface area contributed by atoms with Gasteiger partial charge in [-0.05, 0) is 53.6 Å². The third kappa shape index (κ3) is 2.34. The smallest absolute Gasteiger partial charge is 0.0622 e. The van der Waals surface area contributed by atoms with E-state index in [4.69, 9.17) is 0 Å². The molecule has 5 aromatic carbocycles. The largest absolute Gasteiger partial charge is 0.308 e. The van der Waals surface area contributed by atoms with E-state index < -0.39 is 0 Å². The summed E-state index contributed by atoms with van der Waals surface area (Å²) in [5.74, 6) is 0. The molecule has 0 saturated heterocycles. The molecule has 0 saturated carbocycles. The van der Waals surface area contributed by atoms with Crippen LogP contribution >= 0.6 is 0 Å². The average molecular weight is 410 g/mol. The summed E-state index contributed by atoms with van der Waals surface area (Å²) in [7, 11) is 0. The fraction of sp³-hybridized carbons (Fsp3) is 0.0968. The summed E-state index contributed by atoms with van der Waals surface area (Å²) in [6, 6.07) is 31.4. The van der Waals surface area contributed by atoms with Crippen LogP contribution in [0.4, 0.5) is 0 Å². The average Bonchev–Trinajstić information content (AvgIpc) is 3.21. The van der Waals surface area contributed by atoms with Crippen LogP contribution in [0, 0.1) is 6.92 Å². The molecule has 1 nitrogen and oxygen atoms in total. The van der Waals surface area contributed by atoms with Crippen LogP contribution in [0.1, 0.15) is 23.1 Å². The first-order chi connectivity index (χ1) is 15.8. The van der Waals surface area contributed by atoms with Gasteiger partial charge in [-0.15, -0.1) is 0 Å². The molecule has 1 aliphatic carbocycles. The zero-order chi connectivity index (χ0) is 21.2. The van der Waals surface area contributed by atoms with E-state index in [1.807, 2.05) is 0 Å². The second-order valence-electron chi connectivity index (χ2n) is 8.96. The lowest BCUT2D eigenvalue weighted by Gasteiger charge is -2.18. The Balaban J connectivity index is 1.84. The summed E-state index contributed by atoms with van der Waals surface area (Å²) in [6.07, 6.45) is 6.90. The van der Waals surface area contributed by atoms with Crippen molar-refractivity contribution in [2.75, 3.05) is 0 Å². The van der Waals surface area contributed by atoms with Gasteiger partial charge < -0.3 is 4.57 Å². The van der Waals surface area contributed by atoms with Gasteiger partial charge in [0.25, 0.3) is 0 Å². The predicted molar refractivity (Wildman–Crippen MR) is 138 cm³/mol. The van der Waals surface area contributed by atoms with E-state index in [-0.39, 0.29) is 0 Å². The molecule has 0 amide bonds. The highest BCUT2D eigenvalue weighted by Gasteiger charge is 2.23. The number of rotatable bonds is 1. The van der Waals surface area contributed by atoms with Crippen molar-refractivity contribution in [1.29, 1.82) is 0 Å². The maximum atomic E-state index is 2.52. The van der Waals surface area contributed by atoms with Crippen LogP contribution < -0.4 is 0 Å². The molecule has 0 radical (unpaired) electrons. The zero-order valence-electron chi connectivity index (χ0n) is 18.1. The SMILES string of the molecule is Cc1ccc(-n2c3c4c(c5ccccc5c3c3ccc5ccccc5c32)CCC=C4)cc1. The molecule has 1 heteroatoms. The predicted octanol–water partition coefficient (Wildman–Crippen LogP) is 8.36. The standard InChI is InChI=1S/C31H23N/c1-20-14-17-22(18-15-20)32-30-23-9-3-2-8-21(23)16-19-28(30)29-26-12-6-4-10-24(26)25-11-5-7-13-27(25)31(29)32/h2-4,6-10,12-19H,5,11H2,1H3. The van der Waals surface area contributed by atoms with Gasteiger partial charge in [-0.3, -0.25) is 0 Å². The normalized spacial score (nSPS) is 13.4. The Bertz CT molecular complexity index is 1710. The van der Waals surface area contributed by atoms with Crippen LogP contribution in [0.25, 0.3) is 55.1 Å². The Labute approximate surface area is 187 Å². The molecule has 7 rings (SSSR count). The van der Waals surface area contributed by atoms with E-state index in [1.54, 1.807) is 0 Å². The Kier molecular flexibility index (Phi) is 3.66. The Morgan fingerprint density at radius 1 is 0.656 bits per heavy atom. The highest BCUT2D eigenvalue weighted by molar-refractivity contribution is 6.28. The summed E-state index contributed by atoms with van der Waals surface area (Å²) in [5.41, 5.74) is 8.02. The molecule has 1 aromatic heterocycles. The van der Waals surface area contributed by atoms with Gasteiger partial charge in [0.1, 0.15) is 0 Å². The third-order valence-electron chi connectivity index (χ3n) is 7.09. The second-order valence-corrected chi connectivity index (χ2v) is 8.96. The second kappa shape index (κ2) is 6.58. The minimum Gasteiger partial charge on any atom is -0.308 e. The van der Waals surface area contributed by atoms with E-state index in [9.17, 15) is 0 Å². The molecule has 1 heterocycles. The lowest BCUT2D eigenvalue weighted by atomic mass is 9.88. The summed E-state index contributed by atoms with van der Waals surface area (Å²) >= 11 is 0. The number of hydrogen-bond donors (Lipinski definition) is 0. The molecular weight excluding hydrogens is 386 g/mol. The Hall–Kier alpha value is -3.84. The Morgan fingerprint density at radius 2 is 1.41 bits per heavy atom. The van der Waals surface area contributed by atoms with Crippen molar-refractivity contribution >= 4 is 49.4 Å². The van der Waals surface area contributed by atoms with E-state index >= 15 is 0 Å². The lowest BCUT2D eigenvalue weighted by Crippen LogP contribution is -2.01. The van der Waals surface area contributed by atoms with Crippen LogP contribution in [0.15, 0.2) is 91.0 Å². The molecule has 0 fully saturated rings. The first-order valence-corrected chi connectivity index (χ1v) is 11.4. The topological polar surface area (TPSA) is 4.93 Å². The fourth-order valence-corrected chi connectivity index (χ4v) is 5.66. The number of benzene rings is 5. The lowest BCUT2D eigenvalue weighted by molar-refractivity contribution is 0.997. The molecular formula is C31H23N.